The SMILES string of the molecule is CC/C=C\C/C=C\C/C=C\C/C=C\C/C=C\CCCCCC(=O)OCC(COC1OC(C(=O)O)C(O)C(O)C1OC(=O)CCCCCCCC/C=C\C/C=C\C/C=C\CCCCC)OC(=O)CCCCCCCCCCCCCCCCC. The van der Waals surface area contributed by atoms with Gasteiger partial charge in [-0.15, -0.1) is 0 Å². The molecule has 12 nitrogen and oxygen atoms in total. The van der Waals surface area contributed by atoms with E-state index in [0.29, 0.717) is 19.3 Å². The number of aliphatic hydroxyl groups is 2. The molecule has 3 N–H and O–H groups in total. The first kappa shape index (κ1) is 76.7. The maximum atomic E-state index is 13.2. The van der Waals surface area contributed by atoms with Crippen molar-refractivity contribution in [1.82, 2.24) is 0 Å². The number of allylic oxidation sites excluding steroid dienone is 16. The lowest BCUT2D eigenvalue weighted by atomic mass is 9.98. The standard InChI is InChI=1S/C71H118O12/c1-4-7-10-13-16-19-22-25-28-30-32-34-37-39-42-45-48-51-54-57-63(72)79-60-62(81-64(73)58-55-52-49-46-43-40-36-27-24-21-18-15-12-9-6-3)61-80-71-69(67(76)66(75)68(83-71)70(77)78)82-65(74)59-56-53-50-47-44-41-38-35-33-31-29-26-23-20-17-14-11-8-5-2/h7,10,16-17,19-20,25-26,28-29,32-35,39,42,62,66-69,71,75-76H,4-6,8-9,11-15,18,21-24,27,30-31,36-38,40-41,43-61H2,1-3H3,(H,77,78)/b10-7-,19-16-,20-17-,28-25-,29-26-,34-32-,35-33-,42-39-. The molecule has 0 aromatic heterocycles. The molecule has 1 heterocycles. The molecule has 1 saturated heterocycles. The van der Waals surface area contributed by atoms with E-state index >= 15 is 0 Å². The van der Waals surface area contributed by atoms with Gasteiger partial charge in [0.05, 0.1) is 6.61 Å². The molecule has 0 aromatic carbocycles. The number of carboxylic acid groups (broad SMARTS) is 1. The second-order valence-electron chi connectivity index (χ2n) is 22.4. The molecule has 6 unspecified atom stereocenters. The van der Waals surface area contributed by atoms with E-state index in [1.165, 1.54) is 96.3 Å². The van der Waals surface area contributed by atoms with Gasteiger partial charge in [0.15, 0.2) is 24.6 Å². The molecule has 0 aliphatic carbocycles. The molecule has 1 aliphatic heterocycles. The predicted molar refractivity (Wildman–Crippen MR) is 340 cm³/mol. The van der Waals surface area contributed by atoms with E-state index in [1.54, 1.807) is 0 Å². The molecule has 0 saturated carbocycles. The van der Waals surface area contributed by atoms with Gasteiger partial charge >= 0.3 is 23.9 Å². The number of carbonyl (C=O) groups is 4. The predicted octanol–water partition coefficient (Wildman–Crippen LogP) is 18.0. The van der Waals surface area contributed by atoms with E-state index in [9.17, 15) is 34.5 Å². The minimum absolute atomic E-state index is 0.0399. The van der Waals surface area contributed by atoms with Gasteiger partial charge in [0.1, 0.15) is 18.8 Å². The van der Waals surface area contributed by atoms with Crippen LogP contribution in [0.5, 0.6) is 0 Å². The summed E-state index contributed by atoms with van der Waals surface area (Å²) in [6.45, 7) is 5.85. The zero-order valence-electron chi connectivity index (χ0n) is 52.4. The molecule has 474 valence electrons. The number of rotatable bonds is 56. The number of carboxylic acids is 1. The second-order valence-corrected chi connectivity index (χ2v) is 22.4. The van der Waals surface area contributed by atoms with Crippen LogP contribution in [-0.4, -0.2) is 89.2 Å². The Balaban J connectivity index is 2.68. The van der Waals surface area contributed by atoms with Crippen molar-refractivity contribution < 1.29 is 58.2 Å². The third-order valence-corrected chi connectivity index (χ3v) is 14.6. The first-order chi connectivity index (χ1) is 40.6. The van der Waals surface area contributed by atoms with Crippen LogP contribution in [-0.2, 0) is 42.9 Å². The average Bonchev–Trinajstić information content (AvgIpc) is 3.57. The van der Waals surface area contributed by atoms with Gasteiger partial charge in [-0.25, -0.2) is 4.79 Å². The number of ether oxygens (including phenoxy) is 5. The summed E-state index contributed by atoms with van der Waals surface area (Å²) in [6, 6.07) is 0. The van der Waals surface area contributed by atoms with Gasteiger partial charge in [0.2, 0.25) is 0 Å². The Morgan fingerprint density at radius 2 is 0.759 bits per heavy atom. The fourth-order valence-electron chi connectivity index (χ4n) is 9.58. The molecule has 0 aromatic rings. The van der Waals surface area contributed by atoms with Crippen molar-refractivity contribution >= 4 is 23.9 Å². The van der Waals surface area contributed by atoms with E-state index < -0.39 is 67.3 Å². The zero-order valence-corrected chi connectivity index (χ0v) is 52.4. The molecule has 0 bridgehead atoms. The third-order valence-electron chi connectivity index (χ3n) is 14.6. The van der Waals surface area contributed by atoms with Crippen LogP contribution in [0.4, 0.5) is 0 Å². The Bertz CT molecular complexity index is 1810. The molecule has 0 spiro atoms. The molecule has 0 radical (unpaired) electrons. The van der Waals surface area contributed by atoms with Crippen molar-refractivity contribution in [2.45, 2.75) is 314 Å². The number of aliphatic carboxylic acids is 1. The molecule has 6 atom stereocenters. The van der Waals surface area contributed by atoms with Crippen molar-refractivity contribution in [3.63, 3.8) is 0 Å². The van der Waals surface area contributed by atoms with Gasteiger partial charge < -0.3 is 39.0 Å². The highest BCUT2D eigenvalue weighted by molar-refractivity contribution is 5.74. The number of hydrogen-bond donors (Lipinski definition) is 3. The maximum Gasteiger partial charge on any atom is 0.335 e. The summed E-state index contributed by atoms with van der Waals surface area (Å²) in [7, 11) is 0. The minimum Gasteiger partial charge on any atom is -0.479 e. The molecule has 12 heteroatoms. The number of carbonyl (C=O) groups excluding carboxylic acids is 3. The molecule has 83 heavy (non-hydrogen) atoms. The van der Waals surface area contributed by atoms with Crippen molar-refractivity contribution in [2.24, 2.45) is 0 Å². The highest BCUT2D eigenvalue weighted by atomic mass is 16.7. The lowest BCUT2D eigenvalue weighted by molar-refractivity contribution is -0.301. The van der Waals surface area contributed by atoms with Crippen molar-refractivity contribution in [3.05, 3.63) is 97.2 Å². The third kappa shape index (κ3) is 47.6. The van der Waals surface area contributed by atoms with E-state index in [1.807, 2.05) is 0 Å². The van der Waals surface area contributed by atoms with Crippen LogP contribution >= 0.6 is 0 Å². The van der Waals surface area contributed by atoms with Crippen molar-refractivity contribution in [3.8, 4) is 0 Å². The van der Waals surface area contributed by atoms with Gasteiger partial charge in [-0.1, -0.05) is 253 Å². The largest absolute Gasteiger partial charge is 0.479 e. The zero-order chi connectivity index (χ0) is 60.3. The van der Waals surface area contributed by atoms with Gasteiger partial charge in [-0.2, -0.15) is 0 Å². The molecule has 1 fully saturated rings. The lowest BCUT2D eigenvalue weighted by Crippen LogP contribution is -2.61. The molecular formula is C71H118O12. The average molecular weight is 1160 g/mol. The van der Waals surface area contributed by atoms with Crippen LogP contribution in [0.15, 0.2) is 97.2 Å². The van der Waals surface area contributed by atoms with E-state index in [-0.39, 0.29) is 25.9 Å². The summed E-state index contributed by atoms with van der Waals surface area (Å²) in [5.74, 6) is -3.17. The van der Waals surface area contributed by atoms with Crippen LogP contribution in [0.1, 0.15) is 278 Å². The van der Waals surface area contributed by atoms with Gasteiger partial charge in [-0.05, 0) is 103 Å². The Hall–Kier alpha value is -4.36. The molecule has 1 rings (SSSR count). The summed E-state index contributed by atoms with van der Waals surface area (Å²) in [6.07, 6.45) is 65.0. The van der Waals surface area contributed by atoms with Gasteiger partial charge in [-0.3, -0.25) is 14.4 Å². The van der Waals surface area contributed by atoms with Crippen LogP contribution in [0, 0.1) is 0 Å². The fourth-order valence-corrected chi connectivity index (χ4v) is 9.58. The topological polar surface area (TPSA) is 175 Å². The fraction of sp³-hybridized carbons (Fsp3) is 0.718. The van der Waals surface area contributed by atoms with Crippen LogP contribution in [0.25, 0.3) is 0 Å². The Kier molecular flexibility index (Phi) is 53.6. The normalized spacial score (nSPS) is 18.2. The summed E-state index contributed by atoms with van der Waals surface area (Å²) in [5, 5.41) is 31.6. The van der Waals surface area contributed by atoms with Crippen molar-refractivity contribution in [2.75, 3.05) is 13.2 Å². The van der Waals surface area contributed by atoms with Crippen molar-refractivity contribution in [1.29, 1.82) is 0 Å². The molecule has 1 aliphatic rings. The van der Waals surface area contributed by atoms with E-state index in [0.717, 1.165) is 122 Å². The first-order valence-electron chi connectivity index (χ1n) is 33.2. The first-order valence-corrected chi connectivity index (χ1v) is 33.2. The Labute approximate surface area is 504 Å². The van der Waals surface area contributed by atoms with Crippen LogP contribution in [0.3, 0.4) is 0 Å². The lowest BCUT2D eigenvalue weighted by Gasteiger charge is -2.40. The Morgan fingerprint density at radius 3 is 1.19 bits per heavy atom. The quantitative estimate of drug-likeness (QED) is 0.0228. The number of hydrogen-bond acceptors (Lipinski definition) is 11. The second kappa shape index (κ2) is 58.0. The van der Waals surface area contributed by atoms with E-state index in [4.69, 9.17) is 23.7 Å². The molecule has 0 amide bonds. The monoisotopic (exact) mass is 1160 g/mol. The Morgan fingerprint density at radius 1 is 0.410 bits per heavy atom. The van der Waals surface area contributed by atoms with E-state index in [2.05, 4.69) is 118 Å². The number of esters is 3. The summed E-state index contributed by atoms with van der Waals surface area (Å²) in [4.78, 5) is 51.4. The molecular weight excluding hydrogens is 1040 g/mol. The smallest absolute Gasteiger partial charge is 0.335 e. The summed E-state index contributed by atoms with van der Waals surface area (Å²) < 4.78 is 28.5. The number of unbranched alkanes of at least 4 members (excludes halogenated alkanes) is 26. The minimum atomic E-state index is -1.92. The van der Waals surface area contributed by atoms with Crippen LogP contribution in [0.2, 0.25) is 0 Å². The van der Waals surface area contributed by atoms with Gasteiger partial charge in [0.25, 0.3) is 0 Å². The highest BCUT2D eigenvalue weighted by Gasteiger charge is 2.50. The number of aliphatic hydroxyl groups excluding tert-OH is 2. The highest BCUT2D eigenvalue weighted by Crippen LogP contribution is 2.27. The maximum absolute atomic E-state index is 13.2. The summed E-state index contributed by atoms with van der Waals surface area (Å²) >= 11 is 0. The summed E-state index contributed by atoms with van der Waals surface area (Å²) in [5.41, 5.74) is 0. The van der Waals surface area contributed by atoms with Crippen LogP contribution < -0.4 is 0 Å². The van der Waals surface area contributed by atoms with Gasteiger partial charge in [0, 0.05) is 19.3 Å².